The molecule has 1 heteroatoms. The predicted octanol–water partition coefficient (Wildman–Crippen LogP) is 3.19. The van der Waals surface area contributed by atoms with Gasteiger partial charge in [0.05, 0.1) is 0 Å². The van der Waals surface area contributed by atoms with Crippen LogP contribution in [-0.4, -0.2) is 6.04 Å². The van der Waals surface area contributed by atoms with Gasteiger partial charge in [0.2, 0.25) is 0 Å². The Morgan fingerprint density at radius 2 is 1.87 bits per heavy atom. The van der Waals surface area contributed by atoms with Gasteiger partial charge in [-0.3, -0.25) is 0 Å². The fourth-order valence-electron chi connectivity index (χ4n) is 4.96. The minimum atomic E-state index is 0.547. The maximum absolute atomic E-state index is 6.54. The number of rotatable bonds is 0. The van der Waals surface area contributed by atoms with E-state index in [1.807, 2.05) is 0 Å². The molecule has 2 N–H and O–H groups in total. The monoisotopic (exact) mass is 207 g/mol. The molecule has 2 bridgehead atoms. The zero-order valence-electron chi connectivity index (χ0n) is 10.2. The number of hydrogen-bond acceptors (Lipinski definition) is 1. The first kappa shape index (κ1) is 10.1. The van der Waals surface area contributed by atoms with Gasteiger partial charge in [0, 0.05) is 6.04 Å². The van der Waals surface area contributed by atoms with E-state index in [2.05, 4.69) is 13.8 Å². The minimum absolute atomic E-state index is 0.547. The molecule has 0 heterocycles. The lowest BCUT2D eigenvalue weighted by Gasteiger charge is -2.49. The lowest BCUT2D eigenvalue weighted by molar-refractivity contribution is 0.0293. The predicted molar refractivity (Wildman–Crippen MR) is 63.4 cm³/mol. The molecule has 3 saturated carbocycles. The third-order valence-corrected chi connectivity index (χ3v) is 6.20. The molecule has 86 valence electrons. The van der Waals surface area contributed by atoms with Crippen LogP contribution in [0.2, 0.25) is 0 Å². The van der Waals surface area contributed by atoms with Crippen molar-refractivity contribution in [1.82, 2.24) is 0 Å². The summed E-state index contributed by atoms with van der Waals surface area (Å²) in [5.41, 5.74) is 7.12. The van der Waals surface area contributed by atoms with Gasteiger partial charge in [0.25, 0.3) is 0 Å². The van der Waals surface area contributed by atoms with Crippen LogP contribution in [0.1, 0.15) is 52.4 Å². The Bertz CT molecular complexity index is 258. The van der Waals surface area contributed by atoms with Crippen molar-refractivity contribution in [2.24, 2.45) is 34.8 Å². The molecule has 1 spiro atoms. The molecule has 0 aromatic heterocycles. The Hall–Kier alpha value is -0.0400. The van der Waals surface area contributed by atoms with Crippen LogP contribution in [0.15, 0.2) is 0 Å². The molecule has 0 amide bonds. The van der Waals surface area contributed by atoms with Crippen molar-refractivity contribution in [3.8, 4) is 0 Å². The standard InChI is InChI=1S/C14H25N/c1-9-5-6-14(8-10(9)2)12-4-3-11(7-12)13(14)15/h9-13H,3-8,15H2,1-2H3/t9?,10?,11?,12?,13-,14?/m1/s1. The van der Waals surface area contributed by atoms with E-state index >= 15 is 0 Å². The van der Waals surface area contributed by atoms with Crippen molar-refractivity contribution in [3.05, 3.63) is 0 Å². The Kier molecular flexibility index (Phi) is 2.18. The molecule has 3 fully saturated rings. The van der Waals surface area contributed by atoms with Crippen LogP contribution in [0, 0.1) is 29.1 Å². The fraction of sp³-hybridized carbons (Fsp3) is 1.00. The van der Waals surface area contributed by atoms with Crippen LogP contribution in [-0.2, 0) is 0 Å². The highest BCUT2D eigenvalue weighted by Gasteiger charge is 2.57. The Morgan fingerprint density at radius 1 is 1.07 bits per heavy atom. The summed E-state index contributed by atoms with van der Waals surface area (Å²) in [4.78, 5) is 0. The van der Waals surface area contributed by atoms with Crippen molar-refractivity contribution < 1.29 is 0 Å². The number of fused-ring (bicyclic) bond motifs is 3. The maximum atomic E-state index is 6.54. The first-order valence-corrected chi connectivity index (χ1v) is 6.89. The molecule has 0 aromatic rings. The summed E-state index contributed by atoms with van der Waals surface area (Å²) in [5, 5.41) is 0. The maximum Gasteiger partial charge on any atom is 0.0127 e. The SMILES string of the molecule is CC1CCC2(CC1C)C1CCC(C1)[C@H]2N. The van der Waals surface area contributed by atoms with Crippen LogP contribution in [0.5, 0.6) is 0 Å². The highest BCUT2D eigenvalue weighted by atomic mass is 14.8. The zero-order chi connectivity index (χ0) is 10.6. The van der Waals surface area contributed by atoms with Crippen LogP contribution < -0.4 is 5.73 Å². The van der Waals surface area contributed by atoms with E-state index in [1.54, 1.807) is 0 Å². The van der Waals surface area contributed by atoms with Crippen molar-refractivity contribution in [1.29, 1.82) is 0 Å². The van der Waals surface area contributed by atoms with E-state index in [0.717, 1.165) is 23.7 Å². The second-order valence-corrected chi connectivity index (χ2v) is 6.73. The van der Waals surface area contributed by atoms with Gasteiger partial charge < -0.3 is 5.73 Å². The van der Waals surface area contributed by atoms with E-state index in [1.165, 1.54) is 38.5 Å². The van der Waals surface area contributed by atoms with Gasteiger partial charge in [0.15, 0.2) is 0 Å². The quantitative estimate of drug-likeness (QED) is 0.648. The highest BCUT2D eigenvalue weighted by Crippen LogP contribution is 2.62. The zero-order valence-corrected chi connectivity index (χ0v) is 10.2. The van der Waals surface area contributed by atoms with Gasteiger partial charge in [-0.1, -0.05) is 13.8 Å². The topological polar surface area (TPSA) is 26.0 Å². The molecule has 6 atom stereocenters. The van der Waals surface area contributed by atoms with Crippen molar-refractivity contribution in [2.45, 2.75) is 58.4 Å². The smallest absolute Gasteiger partial charge is 0.0127 e. The number of hydrogen-bond donors (Lipinski definition) is 1. The van der Waals surface area contributed by atoms with Crippen LogP contribution in [0.4, 0.5) is 0 Å². The molecule has 1 nitrogen and oxygen atoms in total. The lowest BCUT2D eigenvalue weighted by Crippen LogP contribution is -2.49. The fourth-order valence-corrected chi connectivity index (χ4v) is 4.96. The Balaban J connectivity index is 1.85. The average molecular weight is 207 g/mol. The molecule has 0 radical (unpaired) electrons. The Morgan fingerprint density at radius 3 is 2.47 bits per heavy atom. The molecule has 3 aliphatic rings. The summed E-state index contributed by atoms with van der Waals surface area (Å²) < 4.78 is 0. The summed E-state index contributed by atoms with van der Waals surface area (Å²) in [7, 11) is 0. The second kappa shape index (κ2) is 3.23. The van der Waals surface area contributed by atoms with E-state index < -0.39 is 0 Å². The van der Waals surface area contributed by atoms with Crippen LogP contribution in [0.3, 0.4) is 0 Å². The van der Waals surface area contributed by atoms with Gasteiger partial charge in [-0.2, -0.15) is 0 Å². The van der Waals surface area contributed by atoms with E-state index in [-0.39, 0.29) is 0 Å². The Labute approximate surface area is 93.8 Å². The third-order valence-electron chi connectivity index (χ3n) is 6.20. The summed E-state index contributed by atoms with van der Waals surface area (Å²) in [6.07, 6.45) is 8.66. The molecule has 3 aliphatic carbocycles. The van der Waals surface area contributed by atoms with Crippen LogP contribution in [0.25, 0.3) is 0 Å². The van der Waals surface area contributed by atoms with E-state index in [9.17, 15) is 0 Å². The molecular weight excluding hydrogens is 182 g/mol. The largest absolute Gasteiger partial charge is 0.327 e. The van der Waals surface area contributed by atoms with Gasteiger partial charge in [-0.15, -0.1) is 0 Å². The normalized spacial score (nSPS) is 59.0. The molecule has 0 saturated heterocycles. The molecule has 15 heavy (non-hydrogen) atoms. The first-order chi connectivity index (χ1) is 7.13. The highest BCUT2D eigenvalue weighted by molar-refractivity contribution is 5.10. The van der Waals surface area contributed by atoms with Gasteiger partial charge in [0.1, 0.15) is 0 Å². The summed E-state index contributed by atoms with van der Waals surface area (Å²) in [6, 6.07) is 0.547. The summed E-state index contributed by atoms with van der Waals surface area (Å²) >= 11 is 0. The van der Waals surface area contributed by atoms with E-state index in [4.69, 9.17) is 5.73 Å². The molecule has 0 aromatic carbocycles. The second-order valence-electron chi connectivity index (χ2n) is 6.73. The van der Waals surface area contributed by atoms with Gasteiger partial charge >= 0.3 is 0 Å². The summed E-state index contributed by atoms with van der Waals surface area (Å²) in [5.74, 6) is 3.72. The average Bonchev–Trinajstić information content (AvgIpc) is 2.77. The van der Waals surface area contributed by atoms with Crippen molar-refractivity contribution in [3.63, 3.8) is 0 Å². The van der Waals surface area contributed by atoms with Crippen molar-refractivity contribution >= 4 is 0 Å². The molecule has 5 unspecified atom stereocenters. The third kappa shape index (κ3) is 1.25. The van der Waals surface area contributed by atoms with E-state index in [0.29, 0.717) is 11.5 Å². The number of nitrogens with two attached hydrogens (primary N) is 1. The molecule has 0 aliphatic heterocycles. The van der Waals surface area contributed by atoms with Crippen LogP contribution >= 0.6 is 0 Å². The van der Waals surface area contributed by atoms with Gasteiger partial charge in [-0.05, 0) is 67.6 Å². The minimum Gasteiger partial charge on any atom is -0.327 e. The van der Waals surface area contributed by atoms with Gasteiger partial charge in [-0.25, -0.2) is 0 Å². The van der Waals surface area contributed by atoms with Crippen molar-refractivity contribution in [2.75, 3.05) is 0 Å². The molecular formula is C14H25N. The summed E-state index contributed by atoms with van der Waals surface area (Å²) in [6.45, 7) is 4.88. The molecule has 3 rings (SSSR count). The first-order valence-electron chi connectivity index (χ1n) is 6.89. The lowest BCUT2D eigenvalue weighted by atomic mass is 9.58.